The monoisotopic (exact) mass is 228 g/mol. The molecule has 2 heterocycles. The highest BCUT2D eigenvalue weighted by molar-refractivity contribution is 7.99. The average Bonchev–Trinajstić information content (AvgIpc) is 2.68. The molecule has 0 aromatic rings. The van der Waals surface area contributed by atoms with E-state index in [1.54, 1.807) is 0 Å². The van der Waals surface area contributed by atoms with Gasteiger partial charge in [0.2, 0.25) is 0 Å². The SMILES string of the molecule is CC1(C)CNCCC1NCC1CCSC1. The van der Waals surface area contributed by atoms with Crippen molar-refractivity contribution in [3.63, 3.8) is 0 Å². The van der Waals surface area contributed by atoms with Crippen LogP contribution >= 0.6 is 11.8 Å². The first-order valence-corrected chi connectivity index (χ1v) is 7.36. The molecule has 2 aliphatic heterocycles. The Kier molecular flexibility index (Phi) is 3.97. The van der Waals surface area contributed by atoms with Gasteiger partial charge >= 0.3 is 0 Å². The molecule has 2 atom stereocenters. The Labute approximate surface area is 98.0 Å². The maximum Gasteiger partial charge on any atom is 0.0143 e. The molecule has 0 saturated carbocycles. The number of piperidine rings is 1. The highest BCUT2D eigenvalue weighted by atomic mass is 32.2. The van der Waals surface area contributed by atoms with Crippen LogP contribution in [-0.4, -0.2) is 37.2 Å². The molecule has 0 aromatic carbocycles. The molecule has 2 unspecified atom stereocenters. The molecule has 0 aliphatic carbocycles. The number of hydrogen-bond donors (Lipinski definition) is 2. The highest BCUT2D eigenvalue weighted by Gasteiger charge is 2.32. The predicted molar refractivity (Wildman–Crippen MR) is 68.5 cm³/mol. The maximum absolute atomic E-state index is 3.80. The molecule has 2 fully saturated rings. The van der Waals surface area contributed by atoms with Crippen LogP contribution in [0.2, 0.25) is 0 Å². The Hall–Kier alpha value is 0.270. The van der Waals surface area contributed by atoms with Crippen molar-refractivity contribution in [3.8, 4) is 0 Å². The van der Waals surface area contributed by atoms with Gasteiger partial charge in [-0.3, -0.25) is 0 Å². The van der Waals surface area contributed by atoms with Gasteiger partial charge in [-0.05, 0) is 48.8 Å². The van der Waals surface area contributed by atoms with Gasteiger partial charge < -0.3 is 10.6 Å². The van der Waals surface area contributed by atoms with Gasteiger partial charge in [-0.15, -0.1) is 0 Å². The second-order valence-corrected chi connectivity index (χ2v) is 6.79. The lowest BCUT2D eigenvalue weighted by Crippen LogP contribution is -2.53. The zero-order chi connectivity index (χ0) is 10.7. The second kappa shape index (κ2) is 5.07. The van der Waals surface area contributed by atoms with Crippen molar-refractivity contribution >= 4 is 11.8 Å². The Morgan fingerprint density at radius 1 is 1.40 bits per heavy atom. The smallest absolute Gasteiger partial charge is 0.0143 e. The fourth-order valence-corrected chi connectivity index (χ4v) is 3.89. The third-order valence-corrected chi connectivity index (χ3v) is 5.04. The van der Waals surface area contributed by atoms with Crippen LogP contribution in [0.5, 0.6) is 0 Å². The van der Waals surface area contributed by atoms with Crippen molar-refractivity contribution in [2.24, 2.45) is 11.3 Å². The summed E-state index contributed by atoms with van der Waals surface area (Å²) in [6.45, 7) is 8.33. The summed E-state index contributed by atoms with van der Waals surface area (Å²) in [5.41, 5.74) is 0.421. The Morgan fingerprint density at radius 2 is 2.27 bits per heavy atom. The van der Waals surface area contributed by atoms with Gasteiger partial charge in [0.05, 0.1) is 0 Å². The summed E-state index contributed by atoms with van der Waals surface area (Å²) in [7, 11) is 0. The van der Waals surface area contributed by atoms with E-state index in [-0.39, 0.29) is 0 Å². The quantitative estimate of drug-likeness (QED) is 0.769. The lowest BCUT2D eigenvalue weighted by molar-refractivity contribution is 0.180. The number of hydrogen-bond acceptors (Lipinski definition) is 3. The van der Waals surface area contributed by atoms with E-state index in [2.05, 4.69) is 36.2 Å². The minimum absolute atomic E-state index is 0.421. The molecule has 88 valence electrons. The summed E-state index contributed by atoms with van der Waals surface area (Å²) >= 11 is 2.12. The summed E-state index contributed by atoms with van der Waals surface area (Å²) < 4.78 is 0. The third-order valence-electron chi connectivity index (χ3n) is 3.81. The molecule has 0 bridgehead atoms. The van der Waals surface area contributed by atoms with E-state index in [1.165, 1.54) is 37.4 Å². The van der Waals surface area contributed by atoms with E-state index in [1.807, 2.05) is 0 Å². The van der Waals surface area contributed by atoms with Gasteiger partial charge in [-0.1, -0.05) is 13.8 Å². The summed E-state index contributed by atoms with van der Waals surface area (Å²) in [4.78, 5) is 0. The van der Waals surface area contributed by atoms with Crippen LogP contribution in [-0.2, 0) is 0 Å². The first-order valence-electron chi connectivity index (χ1n) is 6.20. The number of nitrogens with one attached hydrogen (secondary N) is 2. The zero-order valence-electron chi connectivity index (χ0n) is 10.0. The molecule has 0 spiro atoms. The van der Waals surface area contributed by atoms with E-state index in [4.69, 9.17) is 0 Å². The zero-order valence-corrected chi connectivity index (χ0v) is 10.8. The fourth-order valence-electron chi connectivity index (χ4n) is 2.60. The van der Waals surface area contributed by atoms with E-state index < -0.39 is 0 Å². The summed E-state index contributed by atoms with van der Waals surface area (Å²) in [6.07, 6.45) is 2.70. The second-order valence-electron chi connectivity index (χ2n) is 5.64. The topological polar surface area (TPSA) is 24.1 Å². The van der Waals surface area contributed by atoms with Crippen LogP contribution in [0.4, 0.5) is 0 Å². The van der Waals surface area contributed by atoms with Crippen molar-refractivity contribution < 1.29 is 0 Å². The van der Waals surface area contributed by atoms with Gasteiger partial charge in [0.15, 0.2) is 0 Å². The van der Waals surface area contributed by atoms with E-state index >= 15 is 0 Å². The molecule has 0 aromatic heterocycles. The third kappa shape index (κ3) is 3.11. The summed E-state index contributed by atoms with van der Waals surface area (Å²) in [5, 5.41) is 7.29. The largest absolute Gasteiger partial charge is 0.316 e. The van der Waals surface area contributed by atoms with Gasteiger partial charge in [-0.2, -0.15) is 11.8 Å². The molecule has 3 heteroatoms. The van der Waals surface area contributed by atoms with Gasteiger partial charge in [0.1, 0.15) is 0 Å². The van der Waals surface area contributed by atoms with Crippen molar-refractivity contribution in [2.45, 2.75) is 32.7 Å². The fraction of sp³-hybridized carbons (Fsp3) is 1.00. The van der Waals surface area contributed by atoms with Crippen LogP contribution in [0, 0.1) is 11.3 Å². The maximum atomic E-state index is 3.80. The minimum Gasteiger partial charge on any atom is -0.316 e. The molecule has 15 heavy (non-hydrogen) atoms. The standard InChI is InChI=1S/C12H24N2S/c1-12(2)9-13-5-3-11(12)14-7-10-4-6-15-8-10/h10-11,13-14H,3-9H2,1-2H3. The Balaban J connectivity index is 1.76. The van der Waals surface area contributed by atoms with Gasteiger partial charge in [0.25, 0.3) is 0 Å². The molecule has 2 aliphatic rings. The lowest BCUT2D eigenvalue weighted by Gasteiger charge is -2.40. The van der Waals surface area contributed by atoms with Crippen molar-refractivity contribution in [1.82, 2.24) is 10.6 Å². The molecule has 0 radical (unpaired) electrons. The number of rotatable bonds is 3. The summed E-state index contributed by atoms with van der Waals surface area (Å²) in [5.74, 6) is 3.68. The lowest BCUT2D eigenvalue weighted by atomic mass is 9.80. The predicted octanol–water partition coefficient (Wildman–Crippen LogP) is 1.72. The molecular formula is C12H24N2S. The first-order chi connectivity index (χ1) is 7.18. The molecule has 2 N–H and O–H groups in total. The van der Waals surface area contributed by atoms with Crippen molar-refractivity contribution in [1.29, 1.82) is 0 Å². The van der Waals surface area contributed by atoms with Gasteiger partial charge in [0, 0.05) is 12.6 Å². The Morgan fingerprint density at radius 3 is 2.93 bits per heavy atom. The summed E-state index contributed by atoms with van der Waals surface area (Å²) in [6, 6.07) is 0.712. The van der Waals surface area contributed by atoms with Crippen LogP contribution in [0.15, 0.2) is 0 Å². The van der Waals surface area contributed by atoms with E-state index in [9.17, 15) is 0 Å². The van der Waals surface area contributed by atoms with Crippen LogP contribution in [0.1, 0.15) is 26.7 Å². The highest BCUT2D eigenvalue weighted by Crippen LogP contribution is 2.27. The molecule has 2 saturated heterocycles. The van der Waals surface area contributed by atoms with Crippen molar-refractivity contribution in [2.75, 3.05) is 31.1 Å². The average molecular weight is 228 g/mol. The Bertz CT molecular complexity index is 200. The van der Waals surface area contributed by atoms with Crippen LogP contribution in [0.3, 0.4) is 0 Å². The van der Waals surface area contributed by atoms with E-state index in [0.29, 0.717) is 11.5 Å². The first kappa shape index (κ1) is 11.7. The van der Waals surface area contributed by atoms with Crippen LogP contribution in [0.25, 0.3) is 0 Å². The molecular weight excluding hydrogens is 204 g/mol. The van der Waals surface area contributed by atoms with Crippen LogP contribution < -0.4 is 10.6 Å². The van der Waals surface area contributed by atoms with Gasteiger partial charge in [-0.25, -0.2) is 0 Å². The molecule has 0 amide bonds. The molecule has 2 rings (SSSR count). The van der Waals surface area contributed by atoms with Crippen molar-refractivity contribution in [3.05, 3.63) is 0 Å². The normalized spacial score (nSPS) is 35.6. The molecule has 2 nitrogen and oxygen atoms in total. The minimum atomic E-state index is 0.421. The number of thioether (sulfide) groups is 1. The van der Waals surface area contributed by atoms with E-state index in [0.717, 1.165) is 12.5 Å².